The highest BCUT2D eigenvalue weighted by molar-refractivity contribution is 6.34. The zero-order valence-corrected chi connectivity index (χ0v) is 8.95. The van der Waals surface area contributed by atoms with Crippen molar-refractivity contribution in [2.75, 3.05) is 0 Å². The van der Waals surface area contributed by atoms with Gasteiger partial charge in [0.1, 0.15) is 6.07 Å². The van der Waals surface area contributed by atoms with Gasteiger partial charge in [-0.05, 0) is 23.6 Å². The second-order valence-electron chi connectivity index (χ2n) is 3.12. The fraction of sp³-hybridized carbons (Fsp3) is 0.300. The summed E-state index contributed by atoms with van der Waals surface area (Å²) in [6, 6.07) is 5.35. The Hall–Kier alpha value is -0.710. The van der Waals surface area contributed by atoms with E-state index in [0.29, 0.717) is 21.5 Å². The molecule has 68 valence electrons. The second-order valence-corrected chi connectivity index (χ2v) is 3.93. The van der Waals surface area contributed by atoms with Crippen LogP contribution in [0.15, 0.2) is 12.1 Å². The van der Waals surface area contributed by atoms with Gasteiger partial charge in [-0.1, -0.05) is 37.0 Å². The summed E-state index contributed by atoms with van der Waals surface area (Å²) in [6.45, 7) is 4.06. The Balaban J connectivity index is 3.31. The van der Waals surface area contributed by atoms with Crippen molar-refractivity contribution < 1.29 is 0 Å². The zero-order chi connectivity index (χ0) is 10.0. The molecule has 0 atom stereocenters. The molecule has 0 saturated carbocycles. The van der Waals surface area contributed by atoms with Gasteiger partial charge in [-0.2, -0.15) is 5.26 Å². The third-order valence-electron chi connectivity index (χ3n) is 1.83. The number of hydrogen-bond acceptors (Lipinski definition) is 1. The number of nitrogens with zero attached hydrogens (tertiary/aromatic N) is 1. The summed E-state index contributed by atoms with van der Waals surface area (Å²) in [6.07, 6.45) is 0. The predicted molar refractivity (Wildman–Crippen MR) is 55.3 cm³/mol. The summed E-state index contributed by atoms with van der Waals surface area (Å²) in [5, 5.41) is 9.75. The van der Waals surface area contributed by atoms with Gasteiger partial charge in [0, 0.05) is 5.02 Å². The molecule has 0 spiro atoms. The van der Waals surface area contributed by atoms with Crippen molar-refractivity contribution in [3.05, 3.63) is 33.3 Å². The van der Waals surface area contributed by atoms with Crippen molar-refractivity contribution in [3.8, 4) is 6.07 Å². The van der Waals surface area contributed by atoms with Crippen LogP contribution in [0.3, 0.4) is 0 Å². The van der Waals surface area contributed by atoms with Crippen molar-refractivity contribution in [1.29, 1.82) is 5.26 Å². The maximum atomic E-state index is 8.68. The highest BCUT2D eigenvalue weighted by atomic mass is 35.5. The third kappa shape index (κ3) is 2.15. The molecular formula is C10H9Cl2N. The molecule has 0 aromatic heterocycles. The first-order valence-corrected chi connectivity index (χ1v) is 4.71. The molecule has 0 bridgehead atoms. The molecule has 0 N–H and O–H groups in total. The molecular weight excluding hydrogens is 205 g/mol. The lowest BCUT2D eigenvalue weighted by atomic mass is 10.0. The SMILES string of the molecule is CC(C)c1cc(Cl)c(C#N)cc1Cl. The van der Waals surface area contributed by atoms with Gasteiger partial charge < -0.3 is 0 Å². The smallest absolute Gasteiger partial charge is 0.101 e. The van der Waals surface area contributed by atoms with Crippen LogP contribution >= 0.6 is 23.2 Å². The van der Waals surface area contributed by atoms with Gasteiger partial charge in [-0.3, -0.25) is 0 Å². The van der Waals surface area contributed by atoms with E-state index >= 15 is 0 Å². The third-order valence-corrected chi connectivity index (χ3v) is 2.47. The quantitative estimate of drug-likeness (QED) is 0.693. The average molecular weight is 214 g/mol. The van der Waals surface area contributed by atoms with Crippen LogP contribution in [0.4, 0.5) is 0 Å². The van der Waals surface area contributed by atoms with Gasteiger partial charge in [0.15, 0.2) is 0 Å². The Labute approximate surface area is 87.9 Å². The van der Waals surface area contributed by atoms with E-state index in [-0.39, 0.29) is 0 Å². The van der Waals surface area contributed by atoms with Crippen LogP contribution in [0.2, 0.25) is 10.0 Å². The number of halogens is 2. The topological polar surface area (TPSA) is 23.8 Å². The highest BCUT2D eigenvalue weighted by Crippen LogP contribution is 2.29. The molecule has 0 heterocycles. The minimum atomic E-state index is 0.317. The summed E-state index contributed by atoms with van der Waals surface area (Å²) in [4.78, 5) is 0. The summed E-state index contributed by atoms with van der Waals surface area (Å²) in [5.74, 6) is 0.317. The fourth-order valence-corrected chi connectivity index (χ4v) is 1.69. The minimum absolute atomic E-state index is 0.317. The largest absolute Gasteiger partial charge is 0.192 e. The Morgan fingerprint density at radius 1 is 1.23 bits per heavy atom. The lowest BCUT2D eigenvalue weighted by Crippen LogP contribution is -1.90. The van der Waals surface area contributed by atoms with E-state index in [9.17, 15) is 0 Å². The van der Waals surface area contributed by atoms with E-state index in [1.54, 1.807) is 12.1 Å². The highest BCUT2D eigenvalue weighted by Gasteiger charge is 2.09. The van der Waals surface area contributed by atoms with Crippen LogP contribution in [-0.4, -0.2) is 0 Å². The first kappa shape index (κ1) is 10.4. The predicted octanol–water partition coefficient (Wildman–Crippen LogP) is 3.99. The second kappa shape index (κ2) is 4.00. The van der Waals surface area contributed by atoms with Gasteiger partial charge in [-0.25, -0.2) is 0 Å². The molecule has 0 amide bonds. The molecule has 1 aromatic rings. The van der Waals surface area contributed by atoms with Crippen molar-refractivity contribution in [2.24, 2.45) is 0 Å². The van der Waals surface area contributed by atoms with E-state index in [0.717, 1.165) is 5.56 Å². The van der Waals surface area contributed by atoms with E-state index < -0.39 is 0 Å². The molecule has 13 heavy (non-hydrogen) atoms. The molecule has 0 aliphatic heterocycles. The molecule has 0 saturated heterocycles. The molecule has 3 heteroatoms. The number of benzene rings is 1. The van der Waals surface area contributed by atoms with Crippen LogP contribution in [0.25, 0.3) is 0 Å². The van der Waals surface area contributed by atoms with Crippen LogP contribution in [-0.2, 0) is 0 Å². The monoisotopic (exact) mass is 213 g/mol. The number of rotatable bonds is 1. The lowest BCUT2D eigenvalue weighted by molar-refractivity contribution is 0.867. The van der Waals surface area contributed by atoms with Gasteiger partial charge in [0.2, 0.25) is 0 Å². The molecule has 1 nitrogen and oxygen atoms in total. The summed E-state index contributed by atoms with van der Waals surface area (Å²) >= 11 is 11.8. The minimum Gasteiger partial charge on any atom is -0.192 e. The summed E-state index contributed by atoms with van der Waals surface area (Å²) in [7, 11) is 0. The van der Waals surface area contributed by atoms with Crippen LogP contribution in [0.1, 0.15) is 30.9 Å². The number of hydrogen-bond donors (Lipinski definition) is 0. The van der Waals surface area contributed by atoms with Crippen molar-refractivity contribution in [2.45, 2.75) is 19.8 Å². The molecule has 1 rings (SSSR count). The van der Waals surface area contributed by atoms with E-state index in [1.807, 2.05) is 19.9 Å². The van der Waals surface area contributed by atoms with E-state index in [2.05, 4.69) is 0 Å². The Bertz CT molecular complexity index is 364. The molecule has 0 aliphatic carbocycles. The Kier molecular flexibility index (Phi) is 3.19. The first-order chi connectivity index (χ1) is 6.06. The van der Waals surface area contributed by atoms with E-state index in [4.69, 9.17) is 28.5 Å². The summed E-state index contributed by atoms with van der Waals surface area (Å²) < 4.78 is 0. The van der Waals surface area contributed by atoms with E-state index in [1.165, 1.54) is 0 Å². The molecule has 0 fully saturated rings. The average Bonchev–Trinajstić information content (AvgIpc) is 2.07. The van der Waals surface area contributed by atoms with Crippen molar-refractivity contribution in [3.63, 3.8) is 0 Å². The van der Waals surface area contributed by atoms with Gasteiger partial charge in [-0.15, -0.1) is 0 Å². The molecule has 0 radical (unpaired) electrons. The molecule has 1 aromatic carbocycles. The number of nitriles is 1. The Morgan fingerprint density at radius 2 is 1.85 bits per heavy atom. The Morgan fingerprint density at radius 3 is 2.31 bits per heavy atom. The maximum absolute atomic E-state index is 8.68. The van der Waals surface area contributed by atoms with Gasteiger partial charge in [0.25, 0.3) is 0 Å². The zero-order valence-electron chi connectivity index (χ0n) is 7.44. The normalized spacial score (nSPS) is 10.2. The fourth-order valence-electron chi connectivity index (χ4n) is 1.09. The molecule has 0 unspecified atom stereocenters. The van der Waals surface area contributed by atoms with Crippen molar-refractivity contribution in [1.82, 2.24) is 0 Å². The van der Waals surface area contributed by atoms with Crippen LogP contribution < -0.4 is 0 Å². The maximum Gasteiger partial charge on any atom is 0.101 e. The van der Waals surface area contributed by atoms with Crippen LogP contribution in [0, 0.1) is 11.3 Å². The molecule has 0 aliphatic rings. The van der Waals surface area contributed by atoms with Crippen molar-refractivity contribution >= 4 is 23.2 Å². The van der Waals surface area contributed by atoms with Gasteiger partial charge in [0.05, 0.1) is 10.6 Å². The first-order valence-electron chi connectivity index (χ1n) is 3.95. The van der Waals surface area contributed by atoms with Gasteiger partial charge >= 0.3 is 0 Å². The lowest BCUT2D eigenvalue weighted by Gasteiger charge is -2.08. The summed E-state index contributed by atoms with van der Waals surface area (Å²) in [5.41, 5.74) is 1.40. The van der Waals surface area contributed by atoms with Crippen LogP contribution in [0.5, 0.6) is 0 Å². The standard InChI is InChI=1S/C10H9Cl2N/c1-6(2)8-4-9(11)7(5-13)3-10(8)12/h3-4,6H,1-2H3.